The zero-order valence-corrected chi connectivity index (χ0v) is 16.8. The Bertz CT molecular complexity index is 1150. The molecule has 30 heavy (non-hydrogen) atoms. The van der Waals surface area contributed by atoms with Crippen LogP contribution in [0.5, 0.6) is 5.75 Å². The molecule has 0 fully saturated rings. The summed E-state index contributed by atoms with van der Waals surface area (Å²) in [6.07, 6.45) is 1.47. The first-order valence-corrected chi connectivity index (χ1v) is 9.43. The van der Waals surface area contributed by atoms with Crippen molar-refractivity contribution in [2.45, 2.75) is 20.5 Å². The molecule has 0 aliphatic carbocycles. The van der Waals surface area contributed by atoms with E-state index in [4.69, 9.17) is 4.74 Å². The Morgan fingerprint density at radius 3 is 2.53 bits per heavy atom. The molecular formula is C25H21FN2O2. The van der Waals surface area contributed by atoms with Crippen molar-refractivity contribution in [1.82, 2.24) is 0 Å². The van der Waals surface area contributed by atoms with Crippen LogP contribution in [0, 0.1) is 31.0 Å². The van der Waals surface area contributed by atoms with E-state index in [-0.39, 0.29) is 18.0 Å². The van der Waals surface area contributed by atoms with E-state index in [0.29, 0.717) is 22.6 Å². The van der Waals surface area contributed by atoms with Gasteiger partial charge in [-0.3, -0.25) is 4.79 Å². The molecule has 0 spiro atoms. The highest BCUT2D eigenvalue weighted by molar-refractivity contribution is 6.09. The lowest BCUT2D eigenvalue weighted by molar-refractivity contribution is -0.112. The predicted molar refractivity (Wildman–Crippen MR) is 115 cm³/mol. The van der Waals surface area contributed by atoms with Gasteiger partial charge in [0, 0.05) is 16.8 Å². The number of rotatable bonds is 6. The van der Waals surface area contributed by atoms with E-state index in [0.717, 1.165) is 11.1 Å². The van der Waals surface area contributed by atoms with Crippen LogP contribution in [0.25, 0.3) is 6.08 Å². The molecule has 1 N–H and O–H groups in total. The van der Waals surface area contributed by atoms with Gasteiger partial charge in [-0.05, 0) is 55.3 Å². The zero-order valence-electron chi connectivity index (χ0n) is 16.8. The van der Waals surface area contributed by atoms with Gasteiger partial charge in [-0.25, -0.2) is 4.39 Å². The lowest BCUT2D eigenvalue weighted by Crippen LogP contribution is -2.13. The summed E-state index contributed by atoms with van der Waals surface area (Å²) in [5.41, 5.74) is 3.69. The van der Waals surface area contributed by atoms with Crippen LogP contribution in [0.3, 0.4) is 0 Å². The fourth-order valence-electron chi connectivity index (χ4n) is 2.82. The smallest absolute Gasteiger partial charge is 0.266 e. The molecule has 3 aromatic carbocycles. The Morgan fingerprint density at radius 2 is 1.80 bits per heavy atom. The number of halogens is 1. The molecule has 0 aliphatic heterocycles. The van der Waals surface area contributed by atoms with Gasteiger partial charge in [0.15, 0.2) is 0 Å². The van der Waals surface area contributed by atoms with E-state index in [1.54, 1.807) is 48.5 Å². The summed E-state index contributed by atoms with van der Waals surface area (Å²) in [4.78, 5) is 12.6. The Hall–Kier alpha value is -3.91. The number of nitriles is 1. The SMILES string of the molecule is Cc1ccc(NC(=O)/C(C#N)=C/c2ccccc2OCc2ccccc2F)cc1C. The lowest BCUT2D eigenvalue weighted by atomic mass is 10.1. The maximum atomic E-state index is 13.8. The topological polar surface area (TPSA) is 62.1 Å². The van der Waals surface area contributed by atoms with Crippen LogP contribution in [0.15, 0.2) is 72.3 Å². The second-order valence-corrected chi connectivity index (χ2v) is 6.84. The molecule has 0 unspecified atom stereocenters. The molecule has 0 aromatic heterocycles. The standard InChI is InChI=1S/C25H21FN2O2/c1-17-11-12-22(13-18(17)2)28-25(29)21(15-27)14-19-7-4-6-10-24(19)30-16-20-8-3-5-9-23(20)26/h3-14H,16H2,1-2H3,(H,28,29)/b21-14+. The fraction of sp³-hybridized carbons (Fsp3) is 0.120. The van der Waals surface area contributed by atoms with Crippen molar-refractivity contribution in [3.8, 4) is 11.8 Å². The van der Waals surface area contributed by atoms with Gasteiger partial charge in [-0.2, -0.15) is 5.26 Å². The highest BCUT2D eigenvalue weighted by Gasteiger charge is 2.12. The fourth-order valence-corrected chi connectivity index (χ4v) is 2.82. The van der Waals surface area contributed by atoms with Crippen molar-refractivity contribution in [3.05, 3.63) is 100 Å². The zero-order chi connectivity index (χ0) is 21.5. The second-order valence-electron chi connectivity index (χ2n) is 6.84. The number of hydrogen-bond donors (Lipinski definition) is 1. The van der Waals surface area contributed by atoms with Gasteiger partial charge in [-0.1, -0.05) is 42.5 Å². The highest BCUT2D eigenvalue weighted by Crippen LogP contribution is 2.23. The lowest BCUT2D eigenvalue weighted by Gasteiger charge is -2.11. The normalized spacial score (nSPS) is 10.9. The number of carbonyl (C=O) groups excluding carboxylic acids is 1. The number of anilines is 1. The van der Waals surface area contributed by atoms with E-state index < -0.39 is 5.91 Å². The van der Waals surface area contributed by atoms with Crippen LogP contribution < -0.4 is 10.1 Å². The van der Waals surface area contributed by atoms with E-state index in [2.05, 4.69) is 5.32 Å². The van der Waals surface area contributed by atoms with Crippen LogP contribution >= 0.6 is 0 Å². The minimum Gasteiger partial charge on any atom is -0.488 e. The summed E-state index contributed by atoms with van der Waals surface area (Å²) in [7, 11) is 0. The summed E-state index contributed by atoms with van der Waals surface area (Å²) in [6.45, 7) is 3.98. The number of amides is 1. The molecule has 0 atom stereocenters. The van der Waals surface area contributed by atoms with Crippen LogP contribution in [0.1, 0.15) is 22.3 Å². The van der Waals surface area contributed by atoms with Crippen LogP contribution in [0.4, 0.5) is 10.1 Å². The molecule has 3 aromatic rings. The maximum Gasteiger partial charge on any atom is 0.266 e. The molecule has 0 aliphatic rings. The molecule has 0 saturated carbocycles. The average Bonchev–Trinajstić information content (AvgIpc) is 2.74. The number of aryl methyl sites for hydroxylation is 2. The molecule has 0 radical (unpaired) electrons. The van der Waals surface area contributed by atoms with E-state index in [1.807, 2.05) is 32.0 Å². The van der Waals surface area contributed by atoms with Crippen LogP contribution in [-0.2, 0) is 11.4 Å². The Morgan fingerprint density at radius 1 is 1.07 bits per heavy atom. The Labute approximate surface area is 175 Å². The summed E-state index contributed by atoms with van der Waals surface area (Å²) in [5.74, 6) is -0.409. The van der Waals surface area contributed by atoms with Gasteiger partial charge in [-0.15, -0.1) is 0 Å². The van der Waals surface area contributed by atoms with Gasteiger partial charge in [0.2, 0.25) is 0 Å². The van der Waals surface area contributed by atoms with Crippen molar-refractivity contribution in [1.29, 1.82) is 5.26 Å². The molecule has 5 heteroatoms. The van der Waals surface area contributed by atoms with E-state index in [9.17, 15) is 14.4 Å². The molecule has 0 saturated heterocycles. The summed E-state index contributed by atoms with van der Waals surface area (Å²) in [6, 6.07) is 20.9. The van der Waals surface area contributed by atoms with Crippen molar-refractivity contribution in [3.63, 3.8) is 0 Å². The third-order valence-electron chi connectivity index (χ3n) is 4.69. The molecule has 3 rings (SSSR count). The first-order chi connectivity index (χ1) is 14.5. The van der Waals surface area contributed by atoms with Crippen molar-refractivity contribution >= 4 is 17.7 Å². The summed E-state index contributed by atoms with van der Waals surface area (Å²) < 4.78 is 19.6. The number of para-hydroxylation sites is 1. The molecular weight excluding hydrogens is 379 g/mol. The number of hydrogen-bond acceptors (Lipinski definition) is 3. The second kappa shape index (κ2) is 9.53. The third-order valence-corrected chi connectivity index (χ3v) is 4.69. The van der Waals surface area contributed by atoms with Gasteiger partial charge in [0.25, 0.3) is 5.91 Å². The van der Waals surface area contributed by atoms with E-state index in [1.165, 1.54) is 12.1 Å². The maximum absolute atomic E-state index is 13.8. The van der Waals surface area contributed by atoms with Crippen molar-refractivity contribution in [2.24, 2.45) is 0 Å². The summed E-state index contributed by atoms with van der Waals surface area (Å²) in [5, 5.41) is 12.2. The van der Waals surface area contributed by atoms with E-state index >= 15 is 0 Å². The monoisotopic (exact) mass is 400 g/mol. The Kier molecular flexibility index (Phi) is 6.61. The first-order valence-electron chi connectivity index (χ1n) is 9.43. The van der Waals surface area contributed by atoms with Crippen molar-refractivity contribution in [2.75, 3.05) is 5.32 Å². The highest BCUT2D eigenvalue weighted by atomic mass is 19.1. The Balaban J connectivity index is 1.80. The minimum absolute atomic E-state index is 0.0360. The molecule has 150 valence electrons. The largest absolute Gasteiger partial charge is 0.488 e. The summed E-state index contributed by atoms with van der Waals surface area (Å²) >= 11 is 0. The number of ether oxygens (including phenoxy) is 1. The molecule has 0 heterocycles. The molecule has 1 amide bonds. The number of nitrogens with one attached hydrogen (secondary N) is 1. The molecule has 4 nitrogen and oxygen atoms in total. The average molecular weight is 400 g/mol. The third kappa shape index (κ3) is 5.12. The number of benzene rings is 3. The number of carbonyl (C=O) groups is 1. The van der Waals surface area contributed by atoms with Gasteiger partial charge in [0.1, 0.15) is 29.8 Å². The first kappa shape index (κ1) is 20.8. The van der Waals surface area contributed by atoms with Gasteiger partial charge in [0.05, 0.1) is 0 Å². The number of nitrogens with zero attached hydrogens (tertiary/aromatic N) is 1. The molecule has 0 bridgehead atoms. The minimum atomic E-state index is -0.510. The van der Waals surface area contributed by atoms with Crippen molar-refractivity contribution < 1.29 is 13.9 Å². The van der Waals surface area contributed by atoms with Gasteiger partial charge >= 0.3 is 0 Å². The van der Waals surface area contributed by atoms with Gasteiger partial charge < -0.3 is 10.1 Å². The van der Waals surface area contributed by atoms with Crippen LogP contribution in [0.2, 0.25) is 0 Å². The predicted octanol–water partition coefficient (Wildman–Crippen LogP) is 5.57. The quantitative estimate of drug-likeness (QED) is 0.435. The van der Waals surface area contributed by atoms with Crippen LogP contribution in [-0.4, -0.2) is 5.91 Å².